The highest BCUT2D eigenvalue weighted by Crippen LogP contribution is 2.10. The fraction of sp³-hybridized carbons (Fsp3) is 0.579. The predicted octanol–water partition coefficient (Wildman–Crippen LogP) is 3.32. The number of hydrogen-bond acceptors (Lipinski definition) is 2. The summed E-state index contributed by atoms with van der Waals surface area (Å²) in [6, 6.07) is 4.59. The minimum atomic E-state index is 0.445. The van der Waals surface area contributed by atoms with E-state index in [2.05, 4.69) is 59.1 Å². The lowest BCUT2D eigenvalue weighted by Crippen LogP contribution is -2.42. The molecule has 0 spiro atoms. The van der Waals surface area contributed by atoms with Crippen LogP contribution < -0.4 is 10.6 Å². The summed E-state index contributed by atoms with van der Waals surface area (Å²) < 4.78 is 2.09. The van der Waals surface area contributed by atoms with Crippen LogP contribution in [-0.2, 0) is 6.42 Å². The molecule has 2 heterocycles. The first kappa shape index (κ1) is 18.3. The van der Waals surface area contributed by atoms with Gasteiger partial charge in [0.05, 0.1) is 5.69 Å². The molecule has 2 rings (SSSR count). The summed E-state index contributed by atoms with van der Waals surface area (Å²) in [6.07, 6.45) is 10.0. The maximum atomic E-state index is 4.71. The first-order valence-electron chi connectivity index (χ1n) is 9.04. The van der Waals surface area contributed by atoms with Crippen LogP contribution in [-0.4, -0.2) is 35.0 Å². The molecule has 2 aromatic rings. The number of pyridine rings is 1. The van der Waals surface area contributed by atoms with E-state index in [1.807, 2.05) is 13.2 Å². The van der Waals surface area contributed by atoms with Crippen LogP contribution in [0.4, 0.5) is 0 Å². The Morgan fingerprint density at radius 3 is 2.92 bits per heavy atom. The SMILES string of the molecule is CCCCCC(C)NC(=NC)NCCc1cn2cccc(C)c2n1. The molecule has 0 aromatic carbocycles. The number of rotatable bonds is 8. The second kappa shape index (κ2) is 9.30. The molecule has 0 aliphatic heterocycles. The van der Waals surface area contributed by atoms with Crippen molar-refractivity contribution in [3.8, 4) is 0 Å². The van der Waals surface area contributed by atoms with Gasteiger partial charge in [0.2, 0.25) is 0 Å². The molecule has 2 aromatic heterocycles. The molecule has 1 atom stereocenters. The van der Waals surface area contributed by atoms with Crippen LogP contribution in [0.3, 0.4) is 0 Å². The molecule has 132 valence electrons. The van der Waals surface area contributed by atoms with Crippen LogP contribution in [0, 0.1) is 6.92 Å². The summed E-state index contributed by atoms with van der Waals surface area (Å²) in [4.78, 5) is 9.02. The topological polar surface area (TPSA) is 53.7 Å². The Labute approximate surface area is 145 Å². The average molecular weight is 329 g/mol. The Balaban J connectivity index is 1.79. The van der Waals surface area contributed by atoms with E-state index in [1.165, 1.54) is 31.2 Å². The quantitative estimate of drug-likeness (QED) is 0.444. The van der Waals surface area contributed by atoms with Gasteiger partial charge in [-0.1, -0.05) is 32.3 Å². The molecule has 0 aliphatic carbocycles. The molecule has 0 bridgehead atoms. The summed E-state index contributed by atoms with van der Waals surface area (Å²) in [7, 11) is 1.82. The van der Waals surface area contributed by atoms with Crippen molar-refractivity contribution in [3.05, 3.63) is 35.8 Å². The fourth-order valence-electron chi connectivity index (χ4n) is 2.83. The molecule has 1 unspecified atom stereocenters. The third-order valence-corrected chi connectivity index (χ3v) is 4.25. The molecule has 0 fully saturated rings. The molecule has 2 N–H and O–H groups in total. The molecule has 0 radical (unpaired) electrons. The molecular weight excluding hydrogens is 298 g/mol. The second-order valence-corrected chi connectivity index (χ2v) is 6.44. The standard InChI is InChI=1S/C19H31N5/c1-5-6-7-10-16(3)22-19(20-4)21-12-11-17-14-24-13-8-9-15(2)18(24)23-17/h8-9,13-14,16H,5-7,10-12H2,1-4H3,(H2,20,21,22). The molecule has 0 saturated carbocycles. The average Bonchev–Trinajstić information content (AvgIpc) is 2.98. The molecule has 5 nitrogen and oxygen atoms in total. The van der Waals surface area contributed by atoms with Crippen LogP contribution in [0.5, 0.6) is 0 Å². The van der Waals surface area contributed by atoms with E-state index in [1.54, 1.807) is 0 Å². The number of aromatic nitrogens is 2. The molecule has 0 aliphatic rings. The van der Waals surface area contributed by atoms with Gasteiger partial charge in [-0.15, -0.1) is 0 Å². The van der Waals surface area contributed by atoms with Gasteiger partial charge < -0.3 is 15.0 Å². The lowest BCUT2D eigenvalue weighted by Gasteiger charge is -2.17. The first-order valence-corrected chi connectivity index (χ1v) is 9.04. The number of aliphatic imine (C=N–C) groups is 1. The Hall–Kier alpha value is -2.04. The summed E-state index contributed by atoms with van der Waals surface area (Å²) in [5.74, 6) is 0.874. The van der Waals surface area contributed by atoms with E-state index >= 15 is 0 Å². The molecule has 0 saturated heterocycles. The highest BCUT2D eigenvalue weighted by molar-refractivity contribution is 5.79. The number of nitrogens with zero attached hydrogens (tertiary/aromatic N) is 3. The lowest BCUT2D eigenvalue weighted by molar-refractivity contribution is 0.547. The van der Waals surface area contributed by atoms with E-state index in [9.17, 15) is 0 Å². The summed E-state index contributed by atoms with van der Waals surface area (Å²) in [5, 5.41) is 6.85. The van der Waals surface area contributed by atoms with Gasteiger partial charge in [0.15, 0.2) is 5.96 Å². The zero-order valence-electron chi connectivity index (χ0n) is 15.5. The highest BCUT2D eigenvalue weighted by Gasteiger charge is 2.06. The Morgan fingerprint density at radius 1 is 1.38 bits per heavy atom. The van der Waals surface area contributed by atoms with Gasteiger partial charge in [0.25, 0.3) is 0 Å². The van der Waals surface area contributed by atoms with Crippen molar-refractivity contribution < 1.29 is 0 Å². The largest absolute Gasteiger partial charge is 0.356 e. The van der Waals surface area contributed by atoms with Crippen LogP contribution >= 0.6 is 0 Å². The van der Waals surface area contributed by atoms with Gasteiger partial charge in [-0.25, -0.2) is 4.98 Å². The number of unbranched alkanes of at least 4 members (excludes halogenated alkanes) is 2. The summed E-state index contributed by atoms with van der Waals surface area (Å²) in [5.41, 5.74) is 3.35. The van der Waals surface area contributed by atoms with Gasteiger partial charge in [-0.2, -0.15) is 0 Å². The maximum absolute atomic E-state index is 4.71. The van der Waals surface area contributed by atoms with Crippen LogP contribution in [0.2, 0.25) is 0 Å². The number of fused-ring (bicyclic) bond motifs is 1. The number of imidazole rings is 1. The van der Waals surface area contributed by atoms with Gasteiger partial charge in [0.1, 0.15) is 5.65 Å². The van der Waals surface area contributed by atoms with Crippen LogP contribution in [0.25, 0.3) is 5.65 Å². The van der Waals surface area contributed by atoms with Crippen molar-refractivity contribution in [1.29, 1.82) is 0 Å². The zero-order chi connectivity index (χ0) is 17.4. The number of guanidine groups is 1. The van der Waals surface area contributed by atoms with Crippen molar-refractivity contribution in [2.45, 2.75) is 58.9 Å². The summed E-state index contributed by atoms with van der Waals surface area (Å²) >= 11 is 0. The van der Waals surface area contributed by atoms with Crippen molar-refractivity contribution >= 4 is 11.6 Å². The number of hydrogen-bond donors (Lipinski definition) is 2. The van der Waals surface area contributed by atoms with E-state index < -0.39 is 0 Å². The molecule has 0 amide bonds. The van der Waals surface area contributed by atoms with Gasteiger partial charge in [-0.3, -0.25) is 4.99 Å². The normalized spacial score (nSPS) is 13.2. The van der Waals surface area contributed by atoms with E-state index in [-0.39, 0.29) is 0 Å². The number of aryl methyl sites for hydroxylation is 1. The Kier molecular flexibility index (Phi) is 7.09. The Morgan fingerprint density at radius 2 is 2.21 bits per heavy atom. The smallest absolute Gasteiger partial charge is 0.191 e. The van der Waals surface area contributed by atoms with E-state index in [4.69, 9.17) is 4.98 Å². The Bertz CT molecular complexity index is 659. The third-order valence-electron chi connectivity index (χ3n) is 4.25. The van der Waals surface area contributed by atoms with Crippen molar-refractivity contribution in [2.75, 3.05) is 13.6 Å². The minimum absolute atomic E-state index is 0.445. The second-order valence-electron chi connectivity index (χ2n) is 6.44. The zero-order valence-corrected chi connectivity index (χ0v) is 15.5. The predicted molar refractivity (Wildman–Crippen MR) is 102 cm³/mol. The fourth-order valence-corrected chi connectivity index (χ4v) is 2.83. The van der Waals surface area contributed by atoms with Crippen LogP contribution in [0.1, 0.15) is 50.8 Å². The molecule has 5 heteroatoms. The van der Waals surface area contributed by atoms with Gasteiger partial charge in [0, 0.05) is 38.4 Å². The van der Waals surface area contributed by atoms with Gasteiger partial charge >= 0.3 is 0 Å². The van der Waals surface area contributed by atoms with E-state index in [0.29, 0.717) is 6.04 Å². The third kappa shape index (κ3) is 5.25. The first-order chi connectivity index (χ1) is 11.6. The maximum Gasteiger partial charge on any atom is 0.191 e. The minimum Gasteiger partial charge on any atom is -0.356 e. The summed E-state index contributed by atoms with van der Waals surface area (Å²) in [6.45, 7) is 7.37. The monoisotopic (exact) mass is 329 g/mol. The number of nitrogens with one attached hydrogen (secondary N) is 2. The molecular formula is C19H31N5. The van der Waals surface area contributed by atoms with Crippen molar-refractivity contribution in [1.82, 2.24) is 20.0 Å². The lowest BCUT2D eigenvalue weighted by atomic mass is 10.1. The van der Waals surface area contributed by atoms with E-state index in [0.717, 1.165) is 30.3 Å². The highest BCUT2D eigenvalue weighted by atomic mass is 15.2. The van der Waals surface area contributed by atoms with Crippen molar-refractivity contribution in [3.63, 3.8) is 0 Å². The van der Waals surface area contributed by atoms with Gasteiger partial charge in [-0.05, 0) is 31.9 Å². The van der Waals surface area contributed by atoms with Crippen LogP contribution in [0.15, 0.2) is 29.5 Å². The van der Waals surface area contributed by atoms with Crippen molar-refractivity contribution in [2.24, 2.45) is 4.99 Å². The molecule has 24 heavy (non-hydrogen) atoms.